The fourth-order valence-corrected chi connectivity index (χ4v) is 5.26. The molecular formula is C31H45N3O4. The van der Waals surface area contributed by atoms with Crippen molar-refractivity contribution in [1.29, 1.82) is 0 Å². The van der Waals surface area contributed by atoms with Gasteiger partial charge in [-0.3, -0.25) is 4.79 Å². The van der Waals surface area contributed by atoms with E-state index in [0.717, 1.165) is 30.4 Å². The smallest absolute Gasteiger partial charge is 0.327 e. The topological polar surface area (TPSA) is 79.9 Å². The molecule has 2 aromatic rings. The Hall–Kier alpha value is -2.90. The Morgan fingerprint density at radius 1 is 0.947 bits per heavy atom. The molecular weight excluding hydrogens is 478 g/mol. The van der Waals surface area contributed by atoms with Gasteiger partial charge in [-0.25, -0.2) is 9.69 Å². The summed E-state index contributed by atoms with van der Waals surface area (Å²) in [6.45, 7) is 11.5. The summed E-state index contributed by atoms with van der Waals surface area (Å²) in [5.74, 6) is 0.463. The molecule has 1 fully saturated rings. The third-order valence-corrected chi connectivity index (χ3v) is 7.82. The number of aryl methyl sites for hydroxylation is 1. The lowest BCUT2D eigenvalue weighted by molar-refractivity contribution is -0.191. The lowest BCUT2D eigenvalue weighted by Gasteiger charge is -2.53. The van der Waals surface area contributed by atoms with E-state index in [2.05, 4.69) is 17.6 Å². The summed E-state index contributed by atoms with van der Waals surface area (Å²) in [6, 6.07) is 15.7. The van der Waals surface area contributed by atoms with Crippen molar-refractivity contribution < 1.29 is 19.1 Å². The lowest BCUT2D eigenvalue weighted by Crippen LogP contribution is -2.73. The number of urea groups is 1. The number of hydrogen-bond acceptors (Lipinski definition) is 5. The summed E-state index contributed by atoms with van der Waals surface area (Å²) < 4.78 is 11.9. The van der Waals surface area contributed by atoms with Crippen LogP contribution in [0.5, 0.6) is 5.75 Å². The van der Waals surface area contributed by atoms with Gasteiger partial charge in [-0.1, -0.05) is 69.2 Å². The fourth-order valence-electron chi connectivity index (χ4n) is 5.26. The van der Waals surface area contributed by atoms with Gasteiger partial charge in [0.25, 0.3) is 0 Å². The first-order chi connectivity index (χ1) is 18.3. The highest BCUT2D eigenvalue weighted by molar-refractivity contribution is 6.03. The number of rotatable bonds is 14. The first-order valence-electron chi connectivity index (χ1n) is 14.1. The minimum Gasteiger partial charge on any atom is -0.469 e. The van der Waals surface area contributed by atoms with Crippen LogP contribution in [0.4, 0.5) is 4.79 Å². The molecule has 2 N–H and O–H groups in total. The maximum Gasteiger partial charge on any atom is 0.327 e. The molecule has 208 valence electrons. The second-order valence-electron chi connectivity index (χ2n) is 10.1. The second kappa shape index (κ2) is 13.8. The molecule has 0 aliphatic carbocycles. The van der Waals surface area contributed by atoms with Crippen molar-refractivity contribution in [3.8, 4) is 5.75 Å². The number of nitrogens with one attached hydrogen (secondary N) is 2. The van der Waals surface area contributed by atoms with Crippen LogP contribution in [0, 0.1) is 12.3 Å². The number of nitrogens with zero attached hydrogens (tertiary/aromatic N) is 1. The van der Waals surface area contributed by atoms with Crippen molar-refractivity contribution in [1.82, 2.24) is 15.5 Å². The van der Waals surface area contributed by atoms with E-state index in [9.17, 15) is 9.59 Å². The number of carbonyl (C=O) groups excluding carboxylic acids is 2. The average molecular weight is 524 g/mol. The highest BCUT2D eigenvalue weighted by atomic mass is 16.5. The predicted molar refractivity (Wildman–Crippen MR) is 151 cm³/mol. The van der Waals surface area contributed by atoms with Gasteiger partial charge in [0.2, 0.25) is 5.91 Å². The minimum atomic E-state index is -0.717. The zero-order chi connectivity index (χ0) is 27.7. The van der Waals surface area contributed by atoms with E-state index >= 15 is 0 Å². The zero-order valence-electron chi connectivity index (χ0n) is 23.9. The van der Waals surface area contributed by atoms with Gasteiger partial charge in [-0.2, -0.15) is 0 Å². The summed E-state index contributed by atoms with van der Waals surface area (Å²) in [6.07, 6.45) is 3.10. The van der Waals surface area contributed by atoms with Crippen molar-refractivity contribution in [2.24, 2.45) is 5.41 Å². The third-order valence-electron chi connectivity index (χ3n) is 7.82. The molecule has 1 heterocycles. The minimum absolute atomic E-state index is 0.172. The van der Waals surface area contributed by atoms with Crippen LogP contribution in [0.1, 0.15) is 88.6 Å². The molecule has 3 rings (SSSR count). The first kappa shape index (κ1) is 29.7. The molecule has 0 bridgehead atoms. The molecule has 38 heavy (non-hydrogen) atoms. The maximum absolute atomic E-state index is 13.5. The van der Waals surface area contributed by atoms with E-state index in [1.165, 1.54) is 10.5 Å². The number of hydrogen-bond donors (Lipinski definition) is 2. The standard InChI is InChI=1S/C31H45N3O4/c1-7-11-27(24-14-12-22(5)13-15-24)33-30(36)34-28(35)31(8-2,9-3)29(34)38-25-18-16-23(17-19-25)26(32-6)20-21-37-10-4/h12-19,26-27,29,32H,7-11,20-21H2,1-6H3,(H,33,36)/t26?,27-,29+/m1/s1. The normalized spacial score (nSPS) is 18.0. The molecule has 1 aliphatic heterocycles. The Balaban J connectivity index is 1.78. The lowest BCUT2D eigenvalue weighted by atomic mass is 9.72. The number of carbonyl (C=O) groups is 2. The summed E-state index contributed by atoms with van der Waals surface area (Å²) >= 11 is 0. The summed E-state index contributed by atoms with van der Waals surface area (Å²) in [5, 5.41) is 6.45. The number of β-lactam (4-membered cyclic amide) rings is 1. The monoisotopic (exact) mass is 523 g/mol. The van der Waals surface area contributed by atoms with E-state index in [-0.39, 0.29) is 18.0 Å². The van der Waals surface area contributed by atoms with Gasteiger partial charge in [0.1, 0.15) is 11.2 Å². The highest BCUT2D eigenvalue weighted by Crippen LogP contribution is 2.46. The van der Waals surface area contributed by atoms with Crippen LogP contribution in [-0.4, -0.2) is 43.3 Å². The molecule has 0 radical (unpaired) electrons. The Kier molecular flexibility index (Phi) is 10.7. The number of amides is 3. The molecule has 1 saturated heterocycles. The number of imide groups is 1. The van der Waals surface area contributed by atoms with E-state index in [1.807, 2.05) is 83.3 Å². The Morgan fingerprint density at radius 3 is 2.11 bits per heavy atom. The third kappa shape index (κ3) is 6.38. The second-order valence-corrected chi connectivity index (χ2v) is 10.1. The van der Waals surface area contributed by atoms with Gasteiger partial charge in [0, 0.05) is 19.3 Å². The average Bonchev–Trinajstić information content (AvgIpc) is 2.92. The molecule has 7 nitrogen and oxygen atoms in total. The van der Waals surface area contributed by atoms with Crippen LogP contribution >= 0.6 is 0 Å². The van der Waals surface area contributed by atoms with Crippen LogP contribution in [0.2, 0.25) is 0 Å². The van der Waals surface area contributed by atoms with Crippen molar-refractivity contribution in [3.63, 3.8) is 0 Å². The van der Waals surface area contributed by atoms with E-state index in [1.54, 1.807) is 0 Å². The van der Waals surface area contributed by atoms with Gasteiger partial charge >= 0.3 is 6.03 Å². The molecule has 7 heteroatoms. The van der Waals surface area contributed by atoms with E-state index in [0.29, 0.717) is 31.8 Å². The summed E-state index contributed by atoms with van der Waals surface area (Å²) in [5.41, 5.74) is 2.62. The molecule has 0 saturated carbocycles. The molecule has 0 spiro atoms. The van der Waals surface area contributed by atoms with Gasteiger partial charge in [0.15, 0.2) is 6.23 Å². The first-order valence-corrected chi connectivity index (χ1v) is 14.1. The van der Waals surface area contributed by atoms with Gasteiger partial charge in [-0.15, -0.1) is 0 Å². The van der Waals surface area contributed by atoms with Crippen molar-refractivity contribution in [3.05, 3.63) is 65.2 Å². The quantitative estimate of drug-likeness (QED) is 0.225. The van der Waals surface area contributed by atoms with Crippen LogP contribution in [-0.2, 0) is 9.53 Å². The molecule has 0 aromatic heterocycles. The molecule has 3 atom stereocenters. The van der Waals surface area contributed by atoms with Gasteiger partial charge in [0.05, 0.1) is 6.04 Å². The van der Waals surface area contributed by atoms with Gasteiger partial charge in [-0.05, 0) is 69.8 Å². The zero-order valence-corrected chi connectivity index (χ0v) is 23.9. The Morgan fingerprint density at radius 2 is 1.55 bits per heavy atom. The number of ether oxygens (including phenoxy) is 2. The largest absolute Gasteiger partial charge is 0.469 e. The predicted octanol–water partition coefficient (Wildman–Crippen LogP) is 6.29. The summed E-state index contributed by atoms with van der Waals surface area (Å²) in [7, 11) is 1.94. The van der Waals surface area contributed by atoms with Gasteiger partial charge < -0.3 is 20.1 Å². The van der Waals surface area contributed by atoms with E-state index in [4.69, 9.17) is 9.47 Å². The molecule has 2 aromatic carbocycles. The number of benzene rings is 2. The van der Waals surface area contributed by atoms with Crippen LogP contribution in [0.25, 0.3) is 0 Å². The number of likely N-dealkylation sites (tertiary alicyclic amines) is 1. The maximum atomic E-state index is 13.5. The molecule has 1 aliphatic rings. The van der Waals surface area contributed by atoms with Crippen LogP contribution in [0.15, 0.2) is 48.5 Å². The Bertz CT molecular complexity index is 1030. The highest BCUT2D eigenvalue weighted by Gasteiger charge is 2.63. The van der Waals surface area contributed by atoms with Crippen molar-refractivity contribution >= 4 is 11.9 Å². The Labute approximate surface area is 228 Å². The van der Waals surface area contributed by atoms with Crippen LogP contribution < -0.4 is 15.4 Å². The molecule has 3 amide bonds. The SMILES string of the molecule is CCC[C@@H](NC(=O)N1C(=O)C(CC)(CC)[C@@H]1Oc1ccc(C(CCOCC)NC)cc1)c1ccc(C)cc1. The van der Waals surface area contributed by atoms with Crippen molar-refractivity contribution in [2.75, 3.05) is 20.3 Å². The van der Waals surface area contributed by atoms with E-state index < -0.39 is 17.7 Å². The van der Waals surface area contributed by atoms with Crippen LogP contribution in [0.3, 0.4) is 0 Å². The van der Waals surface area contributed by atoms with Crippen molar-refractivity contribution in [2.45, 2.75) is 85.0 Å². The summed E-state index contributed by atoms with van der Waals surface area (Å²) in [4.78, 5) is 28.1. The fraction of sp³-hybridized carbons (Fsp3) is 0.548. The molecule has 1 unspecified atom stereocenters.